The van der Waals surface area contributed by atoms with Crippen LogP contribution in [0.5, 0.6) is 5.75 Å². The van der Waals surface area contributed by atoms with Crippen LogP contribution in [0.2, 0.25) is 0 Å². The van der Waals surface area contributed by atoms with Crippen LogP contribution >= 0.6 is 0 Å². The van der Waals surface area contributed by atoms with Crippen LogP contribution in [0.1, 0.15) is 63.0 Å². The van der Waals surface area contributed by atoms with E-state index in [4.69, 9.17) is 0 Å². The van der Waals surface area contributed by atoms with Gasteiger partial charge in [-0.3, -0.25) is 9.69 Å². The molecule has 1 aliphatic heterocycles. The number of phenolic OH excluding ortho intramolecular Hbond substituents is 1. The molecule has 5 heteroatoms. The number of amides is 1. The lowest BCUT2D eigenvalue weighted by Gasteiger charge is -2.39. The highest BCUT2D eigenvalue weighted by atomic mass is 16.3. The van der Waals surface area contributed by atoms with Crippen molar-refractivity contribution in [3.63, 3.8) is 0 Å². The highest BCUT2D eigenvalue weighted by Gasteiger charge is 2.31. The number of aliphatic hydroxyl groups excluding tert-OH is 1. The molecule has 1 aliphatic rings. The number of hydrogen-bond donors (Lipinski definition) is 2. The van der Waals surface area contributed by atoms with E-state index in [2.05, 4.69) is 4.90 Å². The van der Waals surface area contributed by atoms with Gasteiger partial charge < -0.3 is 15.1 Å². The van der Waals surface area contributed by atoms with Crippen LogP contribution in [0.3, 0.4) is 0 Å². The highest BCUT2D eigenvalue weighted by Crippen LogP contribution is 2.40. The molecule has 1 unspecified atom stereocenters. The molecule has 0 saturated carbocycles. The lowest BCUT2D eigenvalue weighted by molar-refractivity contribution is 0.0420. The number of nitrogens with zero attached hydrogens (tertiary/aromatic N) is 2. The Morgan fingerprint density at radius 1 is 1.08 bits per heavy atom. The summed E-state index contributed by atoms with van der Waals surface area (Å²) in [5.41, 5.74) is 1.66. The van der Waals surface area contributed by atoms with Gasteiger partial charge in [-0.1, -0.05) is 41.5 Å². The van der Waals surface area contributed by atoms with Crippen molar-refractivity contribution >= 4 is 5.91 Å². The van der Waals surface area contributed by atoms with Gasteiger partial charge in [0.05, 0.1) is 12.6 Å². The average molecular weight is 363 g/mol. The molecule has 0 bridgehead atoms. The second kappa shape index (κ2) is 7.20. The number of benzene rings is 1. The van der Waals surface area contributed by atoms with E-state index >= 15 is 0 Å². The van der Waals surface area contributed by atoms with E-state index in [1.807, 2.05) is 65.6 Å². The minimum absolute atomic E-state index is 0.0333. The SMILES string of the molecule is CN1CCN(C(=O)c2cc(C(C)(C)C)c(O)c(C(C)(C)C)c2)CC1CO. The van der Waals surface area contributed by atoms with Gasteiger partial charge in [-0.15, -0.1) is 0 Å². The summed E-state index contributed by atoms with van der Waals surface area (Å²) in [7, 11) is 1.97. The first-order chi connectivity index (χ1) is 11.9. The summed E-state index contributed by atoms with van der Waals surface area (Å²) < 4.78 is 0. The maximum absolute atomic E-state index is 13.2. The molecule has 1 saturated heterocycles. The van der Waals surface area contributed by atoms with Gasteiger partial charge in [-0.2, -0.15) is 0 Å². The van der Waals surface area contributed by atoms with Gasteiger partial charge in [0.15, 0.2) is 0 Å². The molecular weight excluding hydrogens is 328 g/mol. The smallest absolute Gasteiger partial charge is 0.253 e. The molecule has 2 N–H and O–H groups in total. The number of hydrogen-bond acceptors (Lipinski definition) is 4. The summed E-state index contributed by atoms with van der Waals surface area (Å²) >= 11 is 0. The Bertz CT molecular complexity index is 636. The Balaban J connectivity index is 2.47. The normalized spacial score (nSPS) is 19.7. The first-order valence-electron chi connectivity index (χ1n) is 9.34. The number of carbonyl (C=O) groups is 1. The standard InChI is InChI=1S/C21H34N2O3/c1-20(2,3)16-10-14(11-17(18(16)25)21(4,5)6)19(26)23-9-8-22(7)15(12-23)13-24/h10-11,15,24-25H,8-9,12-13H2,1-7H3. The first kappa shape index (κ1) is 20.7. The van der Waals surface area contributed by atoms with E-state index in [1.165, 1.54) is 0 Å². The molecule has 1 amide bonds. The van der Waals surface area contributed by atoms with Gasteiger partial charge >= 0.3 is 0 Å². The molecule has 1 aromatic carbocycles. The fraction of sp³-hybridized carbons (Fsp3) is 0.667. The third kappa shape index (κ3) is 4.21. The van der Waals surface area contributed by atoms with Crippen LogP contribution in [0, 0.1) is 0 Å². The van der Waals surface area contributed by atoms with Crippen molar-refractivity contribution in [2.24, 2.45) is 0 Å². The summed E-state index contributed by atoms with van der Waals surface area (Å²) in [5, 5.41) is 20.4. The van der Waals surface area contributed by atoms with E-state index in [-0.39, 0.29) is 35.1 Å². The zero-order chi connectivity index (χ0) is 19.9. The fourth-order valence-electron chi connectivity index (χ4n) is 3.41. The Morgan fingerprint density at radius 3 is 2.00 bits per heavy atom. The number of piperazine rings is 1. The molecule has 1 fully saturated rings. The lowest BCUT2D eigenvalue weighted by Crippen LogP contribution is -2.54. The van der Waals surface area contributed by atoms with Crippen molar-refractivity contribution in [2.75, 3.05) is 33.3 Å². The van der Waals surface area contributed by atoms with Crippen LogP contribution < -0.4 is 0 Å². The van der Waals surface area contributed by atoms with Gasteiger partial charge in [-0.05, 0) is 30.0 Å². The molecule has 0 aromatic heterocycles. The zero-order valence-corrected chi connectivity index (χ0v) is 17.3. The monoisotopic (exact) mass is 362 g/mol. The van der Waals surface area contributed by atoms with E-state index in [0.717, 1.165) is 17.7 Å². The number of carbonyl (C=O) groups excluding carboxylic acids is 1. The first-order valence-corrected chi connectivity index (χ1v) is 9.34. The van der Waals surface area contributed by atoms with E-state index < -0.39 is 0 Å². The second-order valence-corrected chi connectivity index (χ2v) is 9.49. The quantitative estimate of drug-likeness (QED) is 0.849. The predicted molar refractivity (Wildman–Crippen MR) is 105 cm³/mol. The van der Waals surface area contributed by atoms with Crippen molar-refractivity contribution in [1.82, 2.24) is 9.80 Å². The van der Waals surface area contributed by atoms with Crippen LogP contribution in [0.15, 0.2) is 12.1 Å². The van der Waals surface area contributed by atoms with Gasteiger partial charge in [0.1, 0.15) is 5.75 Å². The molecule has 0 radical (unpaired) electrons. The predicted octanol–water partition coefficient (Wildman–Crippen LogP) is 2.74. The molecule has 5 nitrogen and oxygen atoms in total. The van der Waals surface area contributed by atoms with Crippen LogP contribution in [-0.2, 0) is 10.8 Å². The topological polar surface area (TPSA) is 64.0 Å². The van der Waals surface area contributed by atoms with E-state index in [1.54, 1.807) is 0 Å². The summed E-state index contributed by atoms with van der Waals surface area (Å²) in [6.45, 7) is 14.2. The van der Waals surface area contributed by atoms with E-state index in [9.17, 15) is 15.0 Å². The van der Waals surface area contributed by atoms with Gasteiger partial charge in [-0.25, -0.2) is 0 Å². The van der Waals surface area contributed by atoms with Crippen molar-refractivity contribution in [1.29, 1.82) is 0 Å². The maximum Gasteiger partial charge on any atom is 0.253 e. The van der Waals surface area contributed by atoms with Crippen molar-refractivity contribution in [3.05, 3.63) is 28.8 Å². The van der Waals surface area contributed by atoms with Gasteiger partial charge in [0.25, 0.3) is 5.91 Å². The highest BCUT2D eigenvalue weighted by molar-refractivity contribution is 5.95. The number of phenols is 1. The molecule has 1 heterocycles. The maximum atomic E-state index is 13.2. The molecule has 0 aliphatic carbocycles. The second-order valence-electron chi connectivity index (χ2n) is 9.49. The number of aromatic hydroxyl groups is 1. The van der Waals surface area contributed by atoms with Gasteiger partial charge in [0, 0.05) is 36.3 Å². The minimum Gasteiger partial charge on any atom is -0.507 e. The number of aliphatic hydroxyl groups is 1. The largest absolute Gasteiger partial charge is 0.507 e. The molecule has 1 aromatic rings. The number of rotatable bonds is 2. The molecule has 1 atom stereocenters. The van der Waals surface area contributed by atoms with Crippen molar-refractivity contribution in [2.45, 2.75) is 58.4 Å². The molecule has 146 valence electrons. The van der Waals surface area contributed by atoms with Crippen molar-refractivity contribution < 1.29 is 15.0 Å². The summed E-state index contributed by atoms with van der Waals surface area (Å²) in [6, 6.07) is 3.63. The molecule has 0 spiro atoms. The summed E-state index contributed by atoms with van der Waals surface area (Å²) in [4.78, 5) is 17.1. The van der Waals surface area contributed by atoms with Gasteiger partial charge in [0.2, 0.25) is 0 Å². The Morgan fingerprint density at radius 2 is 1.58 bits per heavy atom. The average Bonchev–Trinajstić information content (AvgIpc) is 2.52. The summed E-state index contributed by atoms with van der Waals surface area (Å²) in [6.07, 6.45) is 0. The third-order valence-electron chi connectivity index (χ3n) is 5.25. The van der Waals surface area contributed by atoms with Crippen molar-refractivity contribution in [3.8, 4) is 5.75 Å². The van der Waals surface area contributed by atoms with E-state index in [0.29, 0.717) is 18.7 Å². The Hall–Kier alpha value is -1.59. The third-order valence-corrected chi connectivity index (χ3v) is 5.25. The molecule has 26 heavy (non-hydrogen) atoms. The van der Waals surface area contributed by atoms with Crippen LogP contribution in [-0.4, -0.2) is 65.3 Å². The fourth-order valence-corrected chi connectivity index (χ4v) is 3.41. The Kier molecular flexibility index (Phi) is 5.74. The van der Waals surface area contributed by atoms with Crippen LogP contribution in [0.25, 0.3) is 0 Å². The molecule has 2 rings (SSSR count). The van der Waals surface area contributed by atoms with Crippen LogP contribution in [0.4, 0.5) is 0 Å². The summed E-state index contributed by atoms with van der Waals surface area (Å²) in [5.74, 6) is 0.251. The molecular formula is C21H34N2O3. The Labute approximate surface area is 157 Å². The lowest BCUT2D eigenvalue weighted by atomic mass is 9.78. The zero-order valence-electron chi connectivity index (χ0n) is 17.3. The number of likely N-dealkylation sites (N-methyl/N-ethyl adjacent to an activating group) is 1. The minimum atomic E-state index is -0.268.